The first-order valence-electron chi connectivity index (χ1n) is 11.2. The Kier molecular flexibility index (Phi) is 5.81. The van der Waals surface area contributed by atoms with E-state index < -0.39 is 17.3 Å². The number of ether oxygens (including phenoxy) is 1. The Hall–Kier alpha value is -4.79. The molecular weight excluding hydrogens is 461 g/mol. The molecule has 0 aliphatic carbocycles. The van der Waals surface area contributed by atoms with Crippen LogP contribution in [0.1, 0.15) is 21.6 Å². The number of carbonyl (C=O) groups excluding carboxylic acids is 1. The van der Waals surface area contributed by atoms with Gasteiger partial charge in [-0.1, -0.05) is 30.3 Å². The molecule has 3 aromatic carbocycles. The van der Waals surface area contributed by atoms with E-state index in [0.717, 1.165) is 11.3 Å². The summed E-state index contributed by atoms with van der Waals surface area (Å²) in [6.45, 7) is 3.76. The zero-order valence-electron chi connectivity index (χ0n) is 19.8. The molecule has 5 aromatic rings. The Bertz CT molecular complexity index is 1690. The average molecular weight is 484 g/mol. The normalized spacial score (nSPS) is 11.0. The van der Waals surface area contributed by atoms with E-state index in [2.05, 4.69) is 15.3 Å². The lowest BCUT2D eigenvalue weighted by atomic mass is 10.0. The number of hydrogen-bond donors (Lipinski definition) is 2. The number of aromatic nitrogens is 4. The number of aryl methyl sites for hydroxylation is 2. The van der Waals surface area contributed by atoms with Crippen molar-refractivity contribution in [1.82, 2.24) is 19.7 Å². The number of esters is 1. The Labute approximate surface area is 205 Å². The minimum absolute atomic E-state index is 0.0771. The van der Waals surface area contributed by atoms with Crippen molar-refractivity contribution >= 4 is 28.4 Å². The SMILES string of the molecule is COC(=O)c1ccccc1Nc1c(-c2cc(F)c3[nH]cnc(=O)c3c2)c(C)nn1-c1ccccc1C. The van der Waals surface area contributed by atoms with Gasteiger partial charge in [0, 0.05) is 5.56 Å². The standard InChI is InChI=1S/C27H22FN5O3/c1-15-8-4-7-11-22(15)33-25(31-21-10-6-5-9-18(21)27(35)36-3)23(16(2)32-33)17-12-19-24(20(28)13-17)29-14-30-26(19)34/h4-14,31H,1-3H3,(H,29,30,34). The lowest BCUT2D eigenvalue weighted by Crippen LogP contribution is -2.09. The lowest BCUT2D eigenvalue weighted by molar-refractivity contribution is 0.0602. The Morgan fingerprint density at radius 1 is 1.08 bits per heavy atom. The summed E-state index contributed by atoms with van der Waals surface area (Å²) in [7, 11) is 1.32. The fraction of sp³-hybridized carbons (Fsp3) is 0.111. The van der Waals surface area contributed by atoms with Gasteiger partial charge in [0.25, 0.3) is 5.56 Å². The summed E-state index contributed by atoms with van der Waals surface area (Å²) >= 11 is 0. The van der Waals surface area contributed by atoms with Crippen LogP contribution < -0.4 is 10.9 Å². The summed E-state index contributed by atoms with van der Waals surface area (Å²) in [6, 6.07) is 17.6. The molecule has 0 atom stereocenters. The number of H-pyrrole nitrogens is 1. The van der Waals surface area contributed by atoms with E-state index in [-0.39, 0.29) is 10.9 Å². The first-order valence-corrected chi connectivity index (χ1v) is 11.2. The zero-order valence-corrected chi connectivity index (χ0v) is 19.8. The molecule has 8 nitrogen and oxygen atoms in total. The number of anilines is 2. The largest absolute Gasteiger partial charge is 0.465 e. The molecule has 0 unspecified atom stereocenters. The van der Waals surface area contributed by atoms with E-state index >= 15 is 4.39 Å². The molecule has 9 heteroatoms. The molecule has 0 radical (unpaired) electrons. The van der Waals surface area contributed by atoms with Crippen LogP contribution in [-0.4, -0.2) is 32.8 Å². The predicted molar refractivity (Wildman–Crippen MR) is 135 cm³/mol. The van der Waals surface area contributed by atoms with Gasteiger partial charge in [0.1, 0.15) is 11.6 Å². The van der Waals surface area contributed by atoms with Crippen molar-refractivity contribution in [3.05, 3.63) is 100.0 Å². The fourth-order valence-corrected chi connectivity index (χ4v) is 4.26. The van der Waals surface area contributed by atoms with Crippen LogP contribution in [0.15, 0.2) is 71.8 Å². The van der Waals surface area contributed by atoms with Gasteiger partial charge in [0.15, 0.2) is 0 Å². The number of hydrogen-bond acceptors (Lipinski definition) is 6. The van der Waals surface area contributed by atoms with Crippen LogP contribution in [0.3, 0.4) is 0 Å². The second-order valence-corrected chi connectivity index (χ2v) is 8.26. The van der Waals surface area contributed by atoms with Crippen LogP contribution in [0.5, 0.6) is 0 Å². The number of fused-ring (bicyclic) bond motifs is 1. The molecule has 36 heavy (non-hydrogen) atoms. The van der Waals surface area contributed by atoms with Crippen LogP contribution in [0.2, 0.25) is 0 Å². The highest BCUT2D eigenvalue weighted by molar-refractivity contribution is 5.97. The van der Waals surface area contributed by atoms with Crippen molar-refractivity contribution in [1.29, 1.82) is 0 Å². The van der Waals surface area contributed by atoms with Crippen molar-refractivity contribution in [2.24, 2.45) is 0 Å². The van der Waals surface area contributed by atoms with Crippen LogP contribution in [-0.2, 0) is 4.74 Å². The summed E-state index contributed by atoms with van der Waals surface area (Å²) in [4.78, 5) is 31.3. The highest BCUT2D eigenvalue weighted by Crippen LogP contribution is 2.38. The number of rotatable bonds is 5. The van der Waals surface area contributed by atoms with Crippen molar-refractivity contribution in [2.45, 2.75) is 13.8 Å². The molecule has 5 rings (SSSR count). The maximum absolute atomic E-state index is 15.1. The molecular formula is C27H22FN5O3. The quantitative estimate of drug-likeness (QED) is 0.339. The molecule has 2 N–H and O–H groups in total. The third-order valence-corrected chi connectivity index (χ3v) is 5.99. The Morgan fingerprint density at radius 2 is 1.83 bits per heavy atom. The molecule has 0 amide bonds. The molecule has 0 aliphatic rings. The highest BCUT2D eigenvalue weighted by atomic mass is 19.1. The van der Waals surface area contributed by atoms with Crippen LogP contribution in [0, 0.1) is 19.7 Å². The minimum Gasteiger partial charge on any atom is -0.465 e. The first kappa shape index (κ1) is 23.0. The van der Waals surface area contributed by atoms with E-state index in [1.807, 2.05) is 31.2 Å². The van der Waals surface area contributed by atoms with Crippen molar-refractivity contribution < 1.29 is 13.9 Å². The van der Waals surface area contributed by atoms with Gasteiger partial charge in [0.05, 0.1) is 47.0 Å². The van der Waals surface area contributed by atoms with Gasteiger partial charge < -0.3 is 15.0 Å². The van der Waals surface area contributed by atoms with Gasteiger partial charge >= 0.3 is 5.97 Å². The van der Waals surface area contributed by atoms with E-state index in [4.69, 9.17) is 9.84 Å². The monoisotopic (exact) mass is 483 g/mol. The number of halogens is 1. The van der Waals surface area contributed by atoms with Gasteiger partial charge in [-0.2, -0.15) is 10.1 Å². The van der Waals surface area contributed by atoms with Crippen LogP contribution >= 0.6 is 0 Å². The van der Waals surface area contributed by atoms with E-state index in [9.17, 15) is 9.59 Å². The predicted octanol–water partition coefficient (Wildman–Crippen LogP) is 5.06. The second kappa shape index (κ2) is 9.10. The van der Waals surface area contributed by atoms with Gasteiger partial charge in [0.2, 0.25) is 0 Å². The topological polar surface area (TPSA) is 102 Å². The smallest absolute Gasteiger partial charge is 0.339 e. The van der Waals surface area contributed by atoms with E-state index in [0.29, 0.717) is 33.9 Å². The number of benzene rings is 3. The lowest BCUT2D eigenvalue weighted by Gasteiger charge is -2.16. The van der Waals surface area contributed by atoms with Gasteiger partial charge in [-0.25, -0.2) is 13.9 Å². The zero-order chi connectivity index (χ0) is 25.4. The van der Waals surface area contributed by atoms with Crippen molar-refractivity contribution in [2.75, 3.05) is 12.4 Å². The van der Waals surface area contributed by atoms with Crippen LogP contribution in [0.4, 0.5) is 15.9 Å². The van der Waals surface area contributed by atoms with Crippen molar-refractivity contribution in [3.8, 4) is 16.8 Å². The summed E-state index contributed by atoms with van der Waals surface area (Å²) < 4.78 is 21.8. The van der Waals surface area contributed by atoms with Crippen molar-refractivity contribution in [3.63, 3.8) is 0 Å². The van der Waals surface area contributed by atoms with Crippen LogP contribution in [0.25, 0.3) is 27.7 Å². The number of aromatic amines is 1. The minimum atomic E-state index is -0.592. The molecule has 0 bridgehead atoms. The second-order valence-electron chi connectivity index (χ2n) is 8.26. The molecule has 2 heterocycles. The number of para-hydroxylation sites is 2. The maximum Gasteiger partial charge on any atom is 0.339 e. The Morgan fingerprint density at radius 3 is 2.61 bits per heavy atom. The highest BCUT2D eigenvalue weighted by Gasteiger charge is 2.23. The van der Waals surface area contributed by atoms with E-state index in [1.54, 1.807) is 41.9 Å². The van der Waals surface area contributed by atoms with Gasteiger partial charge in [-0.3, -0.25) is 4.79 Å². The third kappa shape index (κ3) is 3.90. The summed E-state index contributed by atoms with van der Waals surface area (Å²) in [5.74, 6) is -0.601. The molecule has 0 fully saturated rings. The molecule has 0 spiro atoms. The molecule has 0 aliphatic heterocycles. The average Bonchev–Trinajstić information content (AvgIpc) is 3.20. The summed E-state index contributed by atoms with van der Waals surface area (Å²) in [6.07, 6.45) is 1.17. The number of nitrogens with zero attached hydrogens (tertiary/aromatic N) is 3. The number of carbonyl (C=O) groups is 1. The molecule has 0 saturated carbocycles. The number of nitrogens with one attached hydrogen (secondary N) is 2. The molecule has 2 aromatic heterocycles. The third-order valence-electron chi connectivity index (χ3n) is 5.99. The summed E-state index contributed by atoms with van der Waals surface area (Å²) in [5, 5.41) is 8.20. The maximum atomic E-state index is 15.1. The fourth-order valence-electron chi connectivity index (χ4n) is 4.26. The first-order chi connectivity index (χ1) is 17.4. The Balaban J connectivity index is 1.79. The number of methoxy groups -OCH3 is 1. The van der Waals surface area contributed by atoms with E-state index in [1.165, 1.54) is 19.5 Å². The van der Waals surface area contributed by atoms with Gasteiger partial charge in [-0.05, 0) is 55.3 Å². The van der Waals surface area contributed by atoms with Gasteiger partial charge in [-0.15, -0.1) is 0 Å². The summed E-state index contributed by atoms with van der Waals surface area (Å²) in [5.41, 5.74) is 3.71. The molecule has 0 saturated heterocycles. The molecule has 180 valence electrons.